The summed E-state index contributed by atoms with van der Waals surface area (Å²) >= 11 is 7.54. The van der Waals surface area contributed by atoms with Crippen molar-refractivity contribution in [3.8, 4) is 5.75 Å². The summed E-state index contributed by atoms with van der Waals surface area (Å²) in [6.45, 7) is 7.87. The van der Waals surface area contributed by atoms with Gasteiger partial charge in [-0.05, 0) is 49.7 Å². The average molecular weight is 479 g/mol. The van der Waals surface area contributed by atoms with Crippen molar-refractivity contribution in [2.75, 3.05) is 11.5 Å². The number of fused-ring (bicyclic) bond motifs is 2. The van der Waals surface area contributed by atoms with E-state index in [9.17, 15) is 9.59 Å². The van der Waals surface area contributed by atoms with Crippen molar-refractivity contribution in [2.24, 2.45) is 0 Å². The molecule has 0 saturated carbocycles. The van der Waals surface area contributed by atoms with Crippen LogP contribution in [0.4, 0.5) is 5.13 Å². The third-order valence-electron chi connectivity index (χ3n) is 5.62. The molecule has 5 rings (SSSR count). The number of benzene rings is 2. The Morgan fingerprint density at radius 3 is 2.64 bits per heavy atom. The van der Waals surface area contributed by atoms with Gasteiger partial charge in [0.05, 0.1) is 22.7 Å². The normalized spacial score (nSPS) is 15.2. The Labute approximate surface area is 198 Å². The number of amides is 1. The number of nitrogens with zero attached hydrogens (tertiary/aromatic N) is 2. The highest BCUT2D eigenvalue weighted by Gasteiger charge is 2.45. The molecule has 1 aliphatic heterocycles. The first-order chi connectivity index (χ1) is 15.9. The summed E-state index contributed by atoms with van der Waals surface area (Å²) in [4.78, 5) is 34.3. The molecule has 1 atom stereocenters. The molecule has 6 nitrogen and oxygen atoms in total. The fraction of sp³-hybridized carbons (Fsp3) is 0.160. The maximum absolute atomic E-state index is 13.6. The van der Waals surface area contributed by atoms with Gasteiger partial charge in [0.15, 0.2) is 10.6 Å². The van der Waals surface area contributed by atoms with Crippen LogP contribution in [0.25, 0.3) is 11.0 Å². The summed E-state index contributed by atoms with van der Waals surface area (Å²) in [5, 5.41) is 1.26. The van der Waals surface area contributed by atoms with Crippen molar-refractivity contribution < 1.29 is 13.9 Å². The van der Waals surface area contributed by atoms with E-state index < -0.39 is 11.9 Å². The smallest absolute Gasteiger partial charge is 0.297 e. The zero-order valence-corrected chi connectivity index (χ0v) is 19.5. The predicted molar refractivity (Wildman–Crippen MR) is 130 cm³/mol. The van der Waals surface area contributed by atoms with Crippen molar-refractivity contribution in [3.63, 3.8) is 0 Å². The Balaban J connectivity index is 1.73. The second-order valence-corrected chi connectivity index (χ2v) is 9.32. The zero-order valence-electron chi connectivity index (χ0n) is 17.9. The molecule has 3 heterocycles. The number of hydrogen-bond donors (Lipinski definition) is 0. The van der Waals surface area contributed by atoms with Gasteiger partial charge in [-0.3, -0.25) is 14.5 Å². The second kappa shape index (κ2) is 8.17. The molecule has 2 aromatic carbocycles. The second-order valence-electron chi connectivity index (χ2n) is 7.70. The minimum atomic E-state index is -0.689. The van der Waals surface area contributed by atoms with Gasteiger partial charge in [-0.15, -0.1) is 11.3 Å². The molecule has 0 radical (unpaired) electrons. The maximum Gasteiger partial charge on any atom is 0.297 e. The van der Waals surface area contributed by atoms with Crippen molar-refractivity contribution in [2.45, 2.75) is 19.9 Å². The van der Waals surface area contributed by atoms with E-state index in [1.54, 1.807) is 41.3 Å². The first kappa shape index (κ1) is 21.4. The van der Waals surface area contributed by atoms with Gasteiger partial charge in [-0.1, -0.05) is 36.4 Å². The number of anilines is 1. The van der Waals surface area contributed by atoms with Crippen LogP contribution in [0.2, 0.25) is 5.02 Å². The molecule has 33 heavy (non-hydrogen) atoms. The van der Waals surface area contributed by atoms with Crippen LogP contribution in [0.15, 0.2) is 64.3 Å². The Morgan fingerprint density at radius 2 is 1.97 bits per heavy atom. The van der Waals surface area contributed by atoms with Gasteiger partial charge in [0.1, 0.15) is 17.9 Å². The van der Waals surface area contributed by atoms with Gasteiger partial charge in [0.2, 0.25) is 5.76 Å². The van der Waals surface area contributed by atoms with Crippen molar-refractivity contribution >= 4 is 44.9 Å². The van der Waals surface area contributed by atoms with Crippen LogP contribution in [-0.2, 0) is 0 Å². The summed E-state index contributed by atoms with van der Waals surface area (Å²) in [7, 11) is 0. The van der Waals surface area contributed by atoms with Crippen molar-refractivity contribution in [1.29, 1.82) is 0 Å². The summed E-state index contributed by atoms with van der Waals surface area (Å²) in [5.41, 5.74) is 1.89. The fourth-order valence-corrected chi connectivity index (χ4v) is 5.03. The lowest BCUT2D eigenvalue weighted by atomic mass is 9.98. The van der Waals surface area contributed by atoms with Gasteiger partial charge < -0.3 is 9.15 Å². The van der Waals surface area contributed by atoms with Gasteiger partial charge in [-0.2, -0.15) is 0 Å². The number of ether oxygens (including phenoxy) is 1. The molecule has 0 saturated heterocycles. The molecule has 0 fully saturated rings. The molecule has 0 N–H and O–H groups in total. The molecule has 8 heteroatoms. The number of carbonyl (C=O) groups excluding carboxylic acids is 1. The van der Waals surface area contributed by atoms with E-state index >= 15 is 0 Å². The van der Waals surface area contributed by atoms with Gasteiger partial charge in [0.25, 0.3) is 5.91 Å². The molecule has 166 valence electrons. The van der Waals surface area contributed by atoms with Crippen LogP contribution in [-0.4, -0.2) is 17.5 Å². The number of halogens is 1. The molecule has 0 spiro atoms. The summed E-state index contributed by atoms with van der Waals surface area (Å²) in [6, 6.07) is 11.4. The molecule has 1 amide bonds. The molecule has 0 aliphatic carbocycles. The highest BCUT2D eigenvalue weighted by atomic mass is 35.5. The predicted octanol–water partition coefficient (Wildman–Crippen LogP) is 5.83. The third kappa shape index (κ3) is 3.53. The minimum absolute atomic E-state index is 0.0253. The molecule has 0 bridgehead atoms. The van der Waals surface area contributed by atoms with E-state index in [0.29, 0.717) is 33.5 Å². The Bertz CT molecular complexity index is 1450. The van der Waals surface area contributed by atoms with Crippen LogP contribution in [0, 0.1) is 13.8 Å². The number of aromatic nitrogens is 1. The molecule has 0 unspecified atom stereocenters. The molecule has 1 aliphatic rings. The molecule has 2 aromatic heterocycles. The van der Waals surface area contributed by atoms with Crippen LogP contribution >= 0.6 is 22.9 Å². The standard InChI is InChI=1S/C25H19ClN2O4S/c1-4-11-31-17-8-5-15(6-9-17)21-20-22(29)18-12-16(26)7-10-19(18)32-23(20)24(30)28(21)25-27-13(2)14(3)33-25/h4-10,12,21H,1,11H2,2-3H3/t21-/m0/s1. The number of hydrogen-bond acceptors (Lipinski definition) is 6. The number of rotatable bonds is 5. The average Bonchev–Trinajstić information content (AvgIpc) is 3.29. The lowest BCUT2D eigenvalue weighted by Crippen LogP contribution is -2.29. The number of carbonyl (C=O) groups is 1. The van der Waals surface area contributed by atoms with Crippen molar-refractivity contribution in [1.82, 2.24) is 4.98 Å². The maximum atomic E-state index is 13.6. The number of aryl methyl sites for hydroxylation is 2. The SMILES string of the molecule is C=CCOc1ccc([C@H]2c3c(oc4ccc(Cl)cc4c3=O)C(=O)N2c2nc(C)c(C)s2)cc1. The van der Waals surface area contributed by atoms with Crippen LogP contribution in [0.5, 0.6) is 5.75 Å². The largest absolute Gasteiger partial charge is 0.490 e. The Kier molecular flexibility index (Phi) is 5.31. The first-order valence-corrected chi connectivity index (χ1v) is 11.5. The minimum Gasteiger partial charge on any atom is -0.490 e. The van der Waals surface area contributed by atoms with E-state index in [-0.39, 0.29) is 16.8 Å². The highest BCUT2D eigenvalue weighted by molar-refractivity contribution is 7.15. The van der Waals surface area contributed by atoms with Crippen LogP contribution < -0.4 is 15.1 Å². The zero-order chi connectivity index (χ0) is 23.3. The Hall–Kier alpha value is -3.42. The van der Waals surface area contributed by atoms with E-state index in [1.165, 1.54) is 11.3 Å². The van der Waals surface area contributed by atoms with Crippen molar-refractivity contribution in [3.05, 3.63) is 97.8 Å². The van der Waals surface area contributed by atoms with Gasteiger partial charge in [0, 0.05) is 9.90 Å². The monoisotopic (exact) mass is 478 g/mol. The van der Waals surface area contributed by atoms with Crippen LogP contribution in [0.1, 0.15) is 38.3 Å². The molecular weight excluding hydrogens is 460 g/mol. The topological polar surface area (TPSA) is 72.6 Å². The van der Waals surface area contributed by atoms with E-state index in [4.69, 9.17) is 20.8 Å². The molecule has 4 aromatic rings. The fourth-order valence-electron chi connectivity index (χ4n) is 3.92. The van der Waals surface area contributed by atoms with Crippen LogP contribution in [0.3, 0.4) is 0 Å². The summed E-state index contributed by atoms with van der Waals surface area (Å²) in [5.74, 6) is 0.287. The third-order valence-corrected chi connectivity index (χ3v) is 6.93. The lowest BCUT2D eigenvalue weighted by molar-refractivity contribution is 0.0971. The van der Waals surface area contributed by atoms with Gasteiger partial charge >= 0.3 is 0 Å². The summed E-state index contributed by atoms with van der Waals surface area (Å²) < 4.78 is 11.5. The summed E-state index contributed by atoms with van der Waals surface area (Å²) in [6.07, 6.45) is 1.66. The van der Waals surface area contributed by atoms with E-state index in [1.807, 2.05) is 26.0 Å². The van der Waals surface area contributed by atoms with Gasteiger partial charge in [-0.25, -0.2) is 4.98 Å². The first-order valence-electron chi connectivity index (χ1n) is 10.3. The quantitative estimate of drug-likeness (QED) is 0.337. The van der Waals surface area contributed by atoms with E-state index in [0.717, 1.165) is 16.1 Å². The lowest BCUT2D eigenvalue weighted by Gasteiger charge is -2.22. The molecular formula is C25H19ClN2O4S. The highest BCUT2D eigenvalue weighted by Crippen LogP contribution is 2.43. The van der Waals surface area contributed by atoms with E-state index in [2.05, 4.69) is 11.6 Å². The Morgan fingerprint density at radius 1 is 1.21 bits per heavy atom. The number of thiazole rings is 1.